The lowest BCUT2D eigenvalue weighted by Crippen LogP contribution is -2.41. The highest BCUT2D eigenvalue weighted by molar-refractivity contribution is 5.90. The van der Waals surface area contributed by atoms with Crippen molar-refractivity contribution in [3.63, 3.8) is 0 Å². The molecular formula is C23H27N7O. The molecular weight excluding hydrogens is 390 g/mol. The van der Waals surface area contributed by atoms with Crippen molar-refractivity contribution >= 4 is 22.6 Å². The van der Waals surface area contributed by atoms with Gasteiger partial charge in [0.1, 0.15) is 5.82 Å². The number of carbonyl (C=O) groups is 1. The van der Waals surface area contributed by atoms with Crippen LogP contribution in [0, 0.1) is 5.41 Å². The molecule has 0 saturated carbocycles. The number of aromatic nitrogens is 4. The fourth-order valence-corrected chi connectivity index (χ4v) is 4.81. The maximum atomic E-state index is 12.4. The van der Waals surface area contributed by atoms with Crippen LogP contribution < -0.4 is 10.2 Å². The van der Waals surface area contributed by atoms with Gasteiger partial charge in [-0.25, -0.2) is 9.97 Å². The largest absolute Gasteiger partial charge is 0.356 e. The van der Waals surface area contributed by atoms with E-state index in [1.165, 1.54) is 0 Å². The molecule has 2 fully saturated rings. The van der Waals surface area contributed by atoms with Gasteiger partial charge in [-0.2, -0.15) is 0 Å². The zero-order chi connectivity index (χ0) is 21.4. The van der Waals surface area contributed by atoms with Crippen molar-refractivity contribution in [1.29, 1.82) is 0 Å². The number of fused-ring (bicyclic) bond motifs is 1. The summed E-state index contributed by atoms with van der Waals surface area (Å²) in [7, 11) is 3.65. The fourth-order valence-electron chi connectivity index (χ4n) is 4.81. The first-order valence-corrected chi connectivity index (χ1v) is 10.8. The molecule has 160 valence electrons. The summed E-state index contributed by atoms with van der Waals surface area (Å²) >= 11 is 0. The molecule has 0 bridgehead atoms. The van der Waals surface area contributed by atoms with Crippen LogP contribution in [0.1, 0.15) is 19.3 Å². The highest BCUT2D eigenvalue weighted by atomic mass is 16.2. The van der Waals surface area contributed by atoms with Gasteiger partial charge in [-0.05, 0) is 42.9 Å². The molecule has 1 atom stereocenters. The molecule has 1 spiro atoms. The van der Waals surface area contributed by atoms with Gasteiger partial charge in [-0.1, -0.05) is 0 Å². The molecule has 1 unspecified atom stereocenters. The van der Waals surface area contributed by atoms with Crippen LogP contribution in [-0.4, -0.2) is 70.5 Å². The van der Waals surface area contributed by atoms with Gasteiger partial charge in [-0.3, -0.25) is 14.8 Å². The van der Waals surface area contributed by atoms with Crippen LogP contribution in [0.15, 0.2) is 43.0 Å². The van der Waals surface area contributed by atoms with E-state index in [9.17, 15) is 4.79 Å². The summed E-state index contributed by atoms with van der Waals surface area (Å²) in [6.07, 6.45) is 10.1. The summed E-state index contributed by atoms with van der Waals surface area (Å²) in [5, 5.41) is 4.49. The fraction of sp³-hybridized carbons (Fsp3) is 0.435. The molecule has 5 heterocycles. The van der Waals surface area contributed by atoms with Crippen molar-refractivity contribution in [3.05, 3.63) is 43.0 Å². The van der Waals surface area contributed by atoms with Crippen molar-refractivity contribution in [1.82, 2.24) is 30.2 Å². The first-order chi connectivity index (χ1) is 15.0. The van der Waals surface area contributed by atoms with Crippen LogP contribution in [0.25, 0.3) is 22.3 Å². The van der Waals surface area contributed by atoms with Crippen LogP contribution >= 0.6 is 0 Å². The first-order valence-electron chi connectivity index (χ1n) is 10.8. The van der Waals surface area contributed by atoms with Crippen molar-refractivity contribution in [3.8, 4) is 11.4 Å². The lowest BCUT2D eigenvalue weighted by molar-refractivity contribution is -0.130. The van der Waals surface area contributed by atoms with Crippen LogP contribution in [0.5, 0.6) is 0 Å². The van der Waals surface area contributed by atoms with E-state index >= 15 is 0 Å². The van der Waals surface area contributed by atoms with Crippen LogP contribution in [0.3, 0.4) is 0 Å². The number of anilines is 1. The smallest absolute Gasteiger partial charge is 0.239 e. The van der Waals surface area contributed by atoms with Gasteiger partial charge in [0.2, 0.25) is 5.91 Å². The highest BCUT2D eigenvalue weighted by Crippen LogP contribution is 2.41. The standard InChI is InChI=1S/C23H27N7O/c1-29(2)22(31)18-13-23(15-26-18)6-11-30(12-7-23)21-17-5-10-25-14-19(17)27-20(28-21)16-3-8-24-9-4-16/h3-5,8-10,14,18,26H,6-7,11-13,15H2,1-2H3. The summed E-state index contributed by atoms with van der Waals surface area (Å²) in [6.45, 7) is 2.73. The Morgan fingerprint density at radius 1 is 1.10 bits per heavy atom. The number of rotatable bonds is 3. The van der Waals surface area contributed by atoms with E-state index in [0.717, 1.165) is 61.2 Å². The van der Waals surface area contributed by atoms with Crippen LogP contribution in [-0.2, 0) is 4.79 Å². The molecule has 2 aliphatic rings. The monoisotopic (exact) mass is 417 g/mol. The van der Waals surface area contributed by atoms with E-state index in [2.05, 4.69) is 20.2 Å². The van der Waals surface area contributed by atoms with Gasteiger partial charge in [0, 0.05) is 63.3 Å². The molecule has 8 heteroatoms. The lowest BCUT2D eigenvalue weighted by Gasteiger charge is -2.40. The molecule has 0 radical (unpaired) electrons. The van der Waals surface area contributed by atoms with Gasteiger partial charge in [-0.15, -0.1) is 0 Å². The van der Waals surface area contributed by atoms with Gasteiger partial charge < -0.3 is 15.1 Å². The van der Waals surface area contributed by atoms with E-state index in [0.29, 0.717) is 5.82 Å². The number of nitrogens with one attached hydrogen (secondary N) is 1. The Hall–Kier alpha value is -3.13. The molecule has 3 aromatic heterocycles. The Labute approximate surface area is 181 Å². The molecule has 1 N–H and O–H groups in total. The quantitative estimate of drug-likeness (QED) is 0.698. The number of hydrogen-bond acceptors (Lipinski definition) is 7. The minimum absolute atomic E-state index is 0.0641. The average molecular weight is 418 g/mol. The second kappa shape index (κ2) is 7.85. The maximum Gasteiger partial charge on any atom is 0.239 e. The van der Waals surface area contributed by atoms with E-state index < -0.39 is 0 Å². The second-order valence-corrected chi connectivity index (χ2v) is 8.86. The van der Waals surface area contributed by atoms with E-state index in [-0.39, 0.29) is 17.4 Å². The lowest BCUT2D eigenvalue weighted by atomic mass is 9.76. The third-order valence-corrected chi connectivity index (χ3v) is 6.64. The molecule has 1 amide bonds. The summed E-state index contributed by atoms with van der Waals surface area (Å²) in [5.74, 6) is 1.83. The molecule has 8 nitrogen and oxygen atoms in total. The SMILES string of the molecule is CN(C)C(=O)C1CC2(CCN(c3nc(-c4ccncc4)nc4cnccc34)CC2)CN1. The van der Waals surface area contributed by atoms with Crippen molar-refractivity contribution in [2.75, 3.05) is 38.6 Å². The normalized spacial score (nSPS) is 20.3. The summed E-state index contributed by atoms with van der Waals surface area (Å²) in [4.78, 5) is 34.5. The van der Waals surface area contributed by atoms with Gasteiger partial charge >= 0.3 is 0 Å². The summed E-state index contributed by atoms with van der Waals surface area (Å²) in [6, 6.07) is 5.79. The number of piperidine rings is 1. The number of amides is 1. The Morgan fingerprint density at radius 2 is 1.84 bits per heavy atom. The Balaban J connectivity index is 1.41. The number of nitrogens with zero attached hydrogens (tertiary/aromatic N) is 6. The minimum Gasteiger partial charge on any atom is -0.356 e. The Kier molecular flexibility index (Phi) is 5.02. The third-order valence-electron chi connectivity index (χ3n) is 6.64. The molecule has 2 saturated heterocycles. The third kappa shape index (κ3) is 3.72. The predicted molar refractivity (Wildman–Crippen MR) is 120 cm³/mol. The highest BCUT2D eigenvalue weighted by Gasteiger charge is 2.44. The number of hydrogen-bond donors (Lipinski definition) is 1. The predicted octanol–water partition coefficient (Wildman–Crippen LogP) is 2.12. The molecule has 5 rings (SSSR count). The van der Waals surface area contributed by atoms with Gasteiger partial charge in [0.05, 0.1) is 17.8 Å². The summed E-state index contributed by atoms with van der Waals surface area (Å²) in [5.41, 5.74) is 1.98. The van der Waals surface area contributed by atoms with E-state index in [1.807, 2.05) is 32.3 Å². The molecule has 0 aromatic carbocycles. The molecule has 3 aromatic rings. The number of likely N-dealkylation sites (N-methyl/N-ethyl adjacent to an activating group) is 1. The zero-order valence-corrected chi connectivity index (χ0v) is 18.0. The molecule has 0 aliphatic carbocycles. The van der Waals surface area contributed by atoms with Gasteiger partial charge in [0.25, 0.3) is 0 Å². The second-order valence-electron chi connectivity index (χ2n) is 8.86. The van der Waals surface area contributed by atoms with Gasteiger partial charge in [0.15, 0.2) is 5.82 Å². The van der Waals surface area contributed by atoms with Crippen molar-refractivity contribution < 1.29 is 4.79 Å². The van der Waals surface area contributed by atoms with E-state index in [4.69, 9.17) is 9.97 Å². The first kappa shape index (κ1) is 19.8. The van der Waals surface area contributed by atoms with Crippen molar-refractivity contribution in [2.24, 2.45) is 5.41 Å². The summed E-state index contributed by atoms with van der Waals surface area (Å²) < 4.78 is 0. The topological polar surface area (TPSA) is 87.1 Å². The van der Waals surface area contributed by atoms with E-state index in [1.54, 1.807) is 29.7 Å². The maximum absolute atomic E-state index is 12.4. The molecule has 2 aliphatic heterocycles. The molecule has 31 heavy (non-hydrogen) atoms. The Morgan fingerprint density at radius 3 is 2.58 bits per heavy atom. The average Bonchev–Trinajstić information content (AvgIpc) is 3.22. The number of pyridine rings is 2. The zero-order valence-electron chi connectivity index (χ0n) is 18.0. The number of carbonyl (C=O) groups excluding carboxylic acids is 1. The van der Waals surface area contributed by atoms with Crippen LogP contribution in [0.2, 0.25) is 0 Å². The van der Waals surface area contributed by atoms with Crippen LogP contribution in [0.4, 0.5) is 5.82 Å². The minimum atomic E-state index is -0.0641. The van der Waals surface area contributed by atoms with Crippen molar-refractivity contribution in [2.45, 2.75) is 25.3 Å². The Bertz CT molecular complexity index is 1090.